The molecule has 412 valence electrons. The lowest BCUT2D eigenvalue weighted by molar-refractivity contribution is -0.137. The molecule has 5 nitrogen and oxygen atoms in total. The molecule has 85 heavy (non-hydrogen) atoms. The maximum Gasteiger partial charge on any atom is 0.416 e. The summed E-state index contributed by atoms with van der Waals surface area (Å²) in [6.07, 6.45) is -4.66. The highest BCUT2D eigenvalue weighted by Gasteiger charge is 2.33. The van der Waals surface area contributed by atoms with Gasteiger partial charge in [0.2, 0.25) is 0 Å². The highest BCUT2D eigenvalue weighted by molar-refractivity contribution is 6.14. The van der Waals surface area contributed by atoms with Crippen molar-refractivity contribution in [2.75, 3.05) is 0 Å². The Morgan fingerprint density at radius 1 is 0.282 bits per heavy atom. The van der Waals surface area contributed by atoms with Gasteiger partial charge in [0, 0.05) is 49.4 Å². The van der Waals surface area contributed by atoms with E-state index in [1.54, 1.807) is 6.07 Å². The number of nitrogens with zero attached hydrogens (tertiary/aromatic N) is 5. The lowest BCUT2D eigenvalue weighted by Gasteiger charge is -2.21. The highest BCUT2D eigenvalue weighted by Crippen LogP contribution is 2.46. The Bertz CT molecular complexity index is 4840. The van der Waals surface area contributed by atoms with E-state index in [0.717, 1.165) is 105 Å². The molecule has 0 unspecified atom stereocenters. The molecular formula is C77H58F3N5. The van der Waals surface area contributed by atoms with Crippen LogP contribution >= 0.6 is 0 Å². The fourth-order valence-corrected chi connectivity index (χ4v) is 12.7. The van der Waals surface area contributed by atoms with E-state index in [-0.39, 0.29) is 0 Å². The average molecular weight is 1110 g/mol. The van der Waals surface area contributed by atoms with Gasteiger partial charge in [0.05, 0.1) is 39.0 Å². The normalized spacial score (nSPS) is 11.9. The van der Waals surface area contributed by atoms with E-state index in [4.69, 9.17) is 15.0 Å². The van der Waals surface area contributed by atoms with Crippen LogP contribution in [0, 0.1) is 48.5 Å². The van der Waals surface area contributed by atoms with Gasteiger partial charge in [-0.15, -0.1) is 0 Å². The van der Waals surface area contributed by atoms with Crippen molar-refractivity contribution in [2.24, 2.45) is 0 Å². The summed E-state index contributed by atoms with van der Waals surface area (Å²) < 4.78 is 51.1. The van der Waals surface area contributed by atoms with Gasteiger partial charge in [0.25, 0.3) is 0 Å². The fraction of sp³-hybridized carbons (Fsp3) is 0.104. The second-order valence-corrected chi connectivity index (χ2v) is 22.8. The molecule has 0 spiro atoms. The van der Waals surface area contributed by atoms with Crippen LogP contribution in [0.25, 0.3) is 134 Å². The standard InChI is InChI=1S/C77H58F3N5/c1-45-18-27-59(49(5)36-45)54-24-34-72-65(40-54)63-39-48(4)21-31-68(63)85(72)73-44-58(77(78,79)80)26-30-62(73)64-43-57(76-82-74(52-14-10-8-11-15-52)81-75(83-76)53-16-12-9-13-17-53)25-35-69(64)84-70-32-22-55(60-28-19-46(2)37-50(60)6)41-66(70)67-42-56(23-33-71(67)84)61-29-20-47(3)38-51(61)7/h8-44H,1-7H3. The van der Waals surface area contributed by atoms with Gasteiger partial charge < -0.3 is 9.13 Å². The number of fused-ring (bicyclic) bond motifs is 6. The third-order valence-corrected chi connectivity index (χ3v) is 16.8. The topological polar surface area (TPSA) is 48.5 Å². The van der Waals surface area contributed by atoms with Crippen molar-refractivity contribution in [2.45, 2.75) is 54.6 Å². The van der Waals surface area contributed by atoms with Gasteiger partial charge >= 0.3 is 6.18 Å². The predicted octanol–water partition coefficient (Wildman–Crippen LogP) is 20.9. The second kappa shape index (κ2) is 20.6. The fourth-order valence-electron chi connectivity index (χ4n) is 12.7. The molecule has 0 aliphatic rings. The summed E-state index contributed by atoms with van der Waals surface area (Å²) in [5, 5.41) is 3.95. The maximum absolute atomic E-state index is 15.6. The van der Waals surface area contributed by atoms with Crippen LogP contribution in [0.2, 0.25) is 0 Å². The number of hydrogen-bond acceptors (Lipinski definition) is 3. The van der Waals surface area contributed by atoms with Crippen LogP contribution in [-0.2, 0) is 6.18 Å². The Kier molecular flexibility index (Phi) is 12.8. The summed E-state index contributed by atoms with van der Waals surface area (Å²) >= 11 is 0. The van der Waals surface area contributed by atoms with E-state index in [1.165, 1.54) is 39.9 Å². The van der Waals surface area contributed by atoms with E-state index < -0.39 is 11.7 Å². The Balaban J connectivity index is 1.09. The molecule has 3 heterocycles. The van der Waals surface area contributed by atoms with Crippen LogP contribution in [0.15, 0.2) is 224 Å². The quantitative estimate of drug-likeness (QED) is 0.145. The largest absolute Gasteiger partial charge is 0.416 e. The van der Waals surface area contributed by atoms with Gasteiger partial charge in [-0.2, -0.15) is 13.2 Å². The Hall–Kier alpha value is -10.2. The molecule has 0 amide bonds. The zero-order chi connectivity index (χ0) is 58.4. The molecule has 0 aliphatic carbocycles. The SMILES string of the molecule is Cc1ccc(-c2ccc3c(c2)c2cc(C)ccc2n3-c2cc(C(F)(F)F)ccc2-c2cc(-c3nc(-c4ccccc4)nc(-c4ccccc4)n3)ccc2-n2c3ccc(-c4ccc(C)cc4C)cc3c3cc(-c4ccc(C)cc4C)ccc32)c(C)c1. The number of benzene rings is 11. The summed E-state index contributed by atoms with van der Waals surface area (Å²) in [7, 11) is 0. The first kappa shape index (κ1) is 52.9. The van der Waals surface area contributed by atoms with Gasteiger partial charge in [-0.1, -0.05) is 168 Å². The zero-order valence-corrected chi connectivity index (χ0v) is 48.2. The van der Waals surface area contributed by atoms with Crippen LogP contribution in [0.3, 0.4) is 0 Å². The van der Waals surface area contributed by atoms with Crippen molar-refractivity contribution in [3.63, 3.8) is 0 Å². The average Bonchev–Trinajstić information content (AvgIpc) is 2.01. The Labute approximate surface area is 492 Å². The minimum atomic E-state index is -4.66. The summed E-state index contributed by atoms with van der Waals surface area (Å²) in [6.45, 7) is 14.8. The molecule has 0 radical (unpaired) electrons. The van der Waals surface area contributed by atoms with Crippen molar-refractivity contribution in [3.8, 4) is 90.0 Å². The number of halogens is 3. The molecular weight excluding hydrogens is 1050 g/mol. The molecule has 14 rings (SSSR count). The van der Waals surface area contributed by atoms with Crippen molar-refractivity contribution < 1.29 is 13.2 Å². The number of rotatable bonds is 9. The van der Waals surface area contributed by atoms with Crippen LogP contribution in [-0.4, -0.2) is 24.1 Å². The van der Waals surface area contributed by atoms with E-state index in [0.29, 0.717) is 39.9 Å². The van der Waals surface area contributed by atoms with Gasteiger partial charge in [-0.25, -0.2) is 15.0 Å². The predicted molar refractivity (Wildman–Crippen MR) is 345 cm³/mol. The number of alkyl halides is 3. The van der Waals surface area contributed by atoms with Gasteiger partial charge in [-0.05, 0) is 177 Å². The molecule has 11 aromatic carbocycles. The minimum absolute atomic E-state index is 0.372. The van der Waals surface area contributed by atoms with E-state index in [1.807, 2.05) is 83.4 Å². The van der Waals surface area contributed by atoms with E-state index >= 15 is 13.2 Å². The zero-order valence-electron chi connectivity index (χ0n) is 48.2. The first-order valence-electron chi connectivity index (χ1n) is 28.7. The van der Waals surface area contributed by atoms with Gasteiger partial charge in [0.15, 0.2) is 17.5 Å². The van der Waals surface area contributed by atoms with Crippen LogP contribution < -0.4 is 0 Å². The molecule has 8 heteroatoms. The van der Waals surface area contributed by atoms with Crippen molar-refractivity contribution >= 4 is 43.6 Å². The molecule has 0 aliphatic heterocycles. The maximum atomic E-state index is 15.6. The smallest absolute Gasteiger partial charge is 0.309 e. The van der Waals surface area contributed by atoms with Crippen LogP contribution in [0.1, 0.15) is 44.5 Å². The molecule has 0 N–H and O–H groups in total. The molecule has 0 fully saturated rings. The first-order chi connectivity index (χ1) is 41.1. The van der Waals surface area contributed by atoms with E-state index in [2.05, 4.69) is 180 Å². The van der Waals surface area contributed by atoms with Crippen molar-refractivity contribution in [1.82, 2.24) is 24.1 Å². The molecule has 14 aromatic rings. The lowest BCUT2D eigenvalue weighted by atomic mass is 9.95. The number of aromatic nitrogens is 5. The molecule has 0 atom stereocenters. The first-order valence-corrected chi connectivity index (χ1v) is 28.7. The highest BCUT2D eigenvalue weighted by atomic mass is 19.4. The molecule has 0 saturated carbocycles. The van der Waals surface area contributed by atoms with E-state index in [9.17, 15) is 0 Å². The van der Waals surface area contributed by atoms with Crippen molar-refractivity contribution in [1.29, 1.82) is 0 Å². The van der Waals surface area contributed by atoms with Gasteiger partial charge in [0.1, 0.15) is 0 Å². The summed E-state index contributed by atoms with van der Waals surface area (Å²) in [6, 6.07) is 75.6. The van der Waals surface area contributed by atoms with Crippen molar-refractivity contribution in [3.05, 3.63) is 269 Å². The number of aryl methyl sites for hydroxylation is 7. The molecule has 0 saturated heterocycles. The third-order valence-electron chi connectivity index (χ3n) is 16.8. The van der Waals surface area contributed by atoms with Crippen LogP contribution in [0.4, 0.5) is 13.2 Å². The minimum Gasteiger partial charge on any atom is -0.309 e. The third kappa shape index (κ3) is 9.44. The Morgan fingerprint density at radius 3 is 1.08 bits per heavy atom. The second-order valence-electron chi connectivity index (χ2n) is 22.8. The van der Waals surface area contributed by atoms with Crippen LogP contribution in [0.5, 0.6) is 0 Å². The summed E-state index contributed by atoms with van der Waals surface area (Å²) in [5.74, 6) is 1.40. The molecule has 0 bridgehead atoms. The summed E-state index contributed by atoms with van der Waals surface area (Å²) in [4.78, 5) is 15.4. The molecule has 3 aromatic heterocycles. The lowest BCUT2D eigenvalue weighted by Crippen LogP contribution is -2.08. The summed E-state index contributed by atoms with van der Waals surface area (Å²) in [5.41, 5.74) is 22.0. The monoisotopic (exact) mass is 1110 g/mol. The number of hydrogen-bond donors (Lipinski definition) is 0. The van der Waals surface area contributed by atoms with Gasteiger partial charge in [-0.3, -0.25) is 0 Å². The Morgan fingerprint density at radius 2 is 0.647 bits per heavy atom.